The van der Waals surface area contributed by atoms with Gasteiger partial charge in [-0.25, -0.2) is 4.98 Å². The van der Waals surface area contributed by atoms with E-state index in [1.54, 1.807) is 6.20 Å². The summed E-state index contributed by atoms with van der Waals surface area (Å²) < 4.78 is 0. The van der Waals surface area contributed by atoms with Crippen molar-refractivity contribution in [1.29, 1.82) is 0 Å². The van der Waals surface area contributed by atoms with Crippen LogP contribution in [0.25, 0.3) is 11.0 Å². The molecule has 0 spiro atoms. The first-order valence-electron chi connectivity index (χ1n) is 4.43. The summed E-state index contributed by atoms with van der Waals surface area (Å²) >= 11 is 0. The number of pyridine rings is 1. The van der Waals surface area contributed by atoms with Gasteiger partial charge in [-0.05, 0) is 18.2 Å². The summed E-state index contributed by atoms with van der Waals surface area (Å²) in [7, 11) is 0. The van der Waals surface area contributed by atoms with E-state index in [0.29, 0.717) is 6.54 Å². The molecule has 2 heterocycles. The Morgan fingerprint density at radius 2 is 2.50 bits per heavy atom. The van der Waals surface area contributed by atoms with Gasteiger partial charge >= 0.3 is 0 Å². The van der Waals surface area contributed by atoms with E-state index in [2.05, 4.69) is 15.3 Å². The number of aromatic amines is 1. The summed E-state index contributed by atoms with van der Waals surface area (Å²) in [5.74, 6) is -0.0309. The number of carbonyl (C=O) groups is 1. The number of amides is 1. The van der Waals surface area contributed by atoms with Crippen molar-refractivity contribution in [3.63, 3.8) is 0 Å². The number of hydrogen-bond donors (Lipinski definition) is 2. The molecule has 2 aromatic rings. The lowest BCUT2D eigenvalue weighted by Crippen LogP contribution is -2.18. The van der Waals surface area contributed by atoms with Crippen molar-refractivity contribution in [2.45, 2.75) is 13.5 Å². The minimum atomic E-state index is -0.0309. The second-order valence-corrected chi connectivity index (χ2v) is 3.15. The van der Waals surface area contributed by atoms with Crippen LogP contribution in [0.1, 0.15) is 12.6 Å². The van der Waals surface area contributed by atoms with Gasteiger partial charge in [0.1, 0.15) is 5.65 Å². The van der Waals surface area contributed by atoms with Crippen molar-refractivity contribution in [3.8, 4) is 0 Å². The second kappa shape index (κ2) is 3.49. The average Bonchev–Trinajstić information content (AvgIpc) is 2.57. The molecule has 0 aromatic carbocycles. The topological polar surface area (TPSA) is 57.8 Å². The molecule has 1 amide bonds. The Morgan fingerprint density at radius 1 is 1.64 bits per heavy atom. The van der Waals surface area contributed by atoms with Crippen LogP contribution in [0.2, 0.25) is 0 Å². The molecule has 2 N–H and O–H groups in total. The minimum absolute atomic E-state index is 0.0309. The fraction of sp³-hybridized carbons (Fsp3) is 0.200. The number of nitrogens with one attached hydrogen (secondary N) is 2. The maximum atomic E-state index is 10.7. The zero-order valence-corrected chi connectivity index (χ0v) is 7.87. The number of fused-ring (bicyclic) bond motifs is 1. The number of nitrogens with zero attached hydrogens (tertiary/aromatic N) is 1. The Kier molecular flexibility index (Phi) is 2.18. The summed E-state index contributed by atoms with van der Waals surface area (Å²) in [4.78, 5) is 18.0. The number of carbonyl (C=O) groups excluding carboxylic acids is 1. The number of aromatic nitrogens is 2. The summed E-state index contributed by atoms with van der Waals surface area (Å²) in [6, 6.07) is 5.85. The van der Waals surface area contributed by atoms with Crippen molar-refractivity contribution >= 4 is 16.9 Å². The number of hydrogen-bond acceptors (Lipinski definition) is 2. The van der Waals surface area contributed by atoms with Gasteiger partial charge in [0, 0.05) is 24.2 Å². The van der Waals surface area contributed by atoms with Crippen molar-refractivity contribution in [2.24, 2.45) is 0 Å². The lowest BCUT2D eigenvalue weighted by Gasteiger charge is -1.97. The van der Waals surface area contributed by atoms with Crippen molar-refractivity contribution in [1.82, 2.24) is 15.3 Å². The van der Waals surface area contributed by atoms with E-state index in [4.69, 9.17) is 0 Å². The minimum Gasteiger partial charge on any atom is -0.351 e. The van der Waals surface area contributed by atoms with E-state index < -0.39 is 0 Å². The van der Waals surface area contributed by atoms with Gasteiger partial charge in [0.15, 0.2) is 0 Å². The Labute approximate surface area is 81.3 Å². The first-order chi connectivity index (χ1) is 6.75. The molecule has 0 saturated carbocycles. The highest BCUT2D eigenvalue weighted by molar-refractivity contribution is 5.76. The third kappa shape index (κ3) is 1.74. The van der Waals surface area contributed by atoms with E-state index in [-0.39, 0.29) is 5.91 Å². The molecule has 0 bridgehead atoms. The Balaban J connectivity index is 2.22. The molecular formula is C10H11N3O. The van der Waals surface area contributed by atoms with E-state index >= 15 is 0 Å². The van der Waals surface area contributed by atoms with Crippen LogP contribution < -0.4 is 5.32 Å². The summed E-state index contributed by atoms with van der Waals surface area (Å²) in [6.07, 6.45) is 1.74. The van der Waals surface area contributed by atoms with Crippen LogP contribution in [-0.4, -0.2) is 15.9 Å². The molecule has 0 aliphatic heterocycles. The van der Waals surface area contributed by atoms with Crippen LogP contribution in [0.3, 0.4) is 0 Å². The summed E-state index contributed by atoms with van der Waals surface area (Å²) in [5, 5.41) is 3.79. The third-order valence-electron chi connectivity index (χ3n) is 1.98. The fourth-order valence-corrected chi connectivity index (χ4v) is 1.33. The highest BCUT2D eigenvalue weighted by atomic mass is 16.1. The first kappa shape index (κ1) is 8.74. The third-order valence-corrected chi connectivity index (χ3v) is 1.98. The lowest BCUT2D eigenvalue weighted by molar-refractivity contribution is -0.119. The Bertz CT molecular complexity index is 428. The fourth-order valence-electron chi connectivity index (χ4n) is 1.33. The molecular weight excluding hydrogens is 178 g/mol. The molecule has 0 radical (unpaired) electrons. The maximum Gasteiger partial charge on any atom is 0.217 e. The molecule has 2 aromatic heterocycles. The normalized spacial score (nSPS) is 10.4. The predicted octanol–water partition coefficient (Wildman–Crippen LogP) is 1.20. The van der Waals surface area contributed by atoms with Crippen molar-refractivity contribution < 1.29 is 4.79 Å². The van der Waals surface area contributed by atoms with Crippen LogP contribution in [-0.2, 0) is 11.3 Å². The molecule has 0 atom stereocenters. The number of H-pyrrole nitrogens is 1. The average molecular weight is 189 g/mol. The first-order valence-corrected chi connectivity index (χ1v) is 4.43. The molecule has 0 aliphatic rings. The van der Waals surface area contributed by atoms with Gasteiger partial charge in [-0.1, -0.05) is 0 Å². The van der Waals surface area contributed by atoms with Crippen LogP contribution in [0, 0.1) is 0 Å². The van der Waals surface area contributed by atoms with E-state index in [1.807, 2.05) is 18.2 Å². The zero-order valence-electron chi connectivity index (χ0n) is 7.87. The summed E-state index contributed by atoms with van der Waals surface area (Å²) in [6.45, 7) is 2.02. The van der Waals surface area contributed by atoms with Crippen LogP contribution in [0.5, 0.6) is 0 Å². The highest BCUT2D eigenvalue weighted by Crippen LogP contribution is 2.11. The Hall–Kier alpha value is -1.84. The zero-order chi connectivity index (χ0) is 9.97. The smallest absolute Gasteiger partial charge is 0.217 e. The Morgan fingerprint density at radius 3 is 3.21 bits per heavy atom. The van der Waals surface area contributed by atoms with Gasteiger partial charge in [0.05, 0.1) is 6.54 Å². The largest absolute Gasteiger partial charge is 0.351 e. The van der Waals surface area contributed by atoms with Crippen LogP contribution in [0.15, 0.2) is 24.4 Å². The second-order valence-electron chi connectivity index (χ2n) is 3.15. The van der Waals surface area contributed by atoms with Crippen molar-refractivity contribution in [2.75, 3.05) is 0 Å². The van der Waals surface area contributed by atoms with Gasteiger partial charge < -0.3 is 10.3 Å². The lowest BCUT2D eigenvalue weighted by atomic mass is 10.3. The molecule has 4 nitrogen and oxygen atoms in total. The monoisotopic (exact) mass is 189 g/mol. The SMILES string of the molecule is CC(=O)NCc1cc2cccnc2[nH]1. The predicted molar refractivity (Wildman–Crippen MR) is 53.6 cm³/mol. The quantitative estimate of drug-likeness (QED) is 0.745. The van der Waals surface area contributed by atoms with Gasteiger partial charge in [0.2, 0.25) is 5.91 Å². The standard InChI is InChI=1S/C10H11N3O/c1-7(14)12-6-9-5-8-3-2-4-11-10(8)13-9/h2-5H,6H2,1H3,(H,11,13)(H,12,14). The van der Waals surface area contributed by atoms with E-state index in [0.717, 1.165) is 16.7 Å². The molecule has 0 unspecified atom stereocenters. The molecule has 2 rings (SSSR count). The van der Waals surface area contributed by atoms with Gasteiger partial charge in [0.25, 0.3) is 0 Å². The van der Waals surface area contributed by atoms with E-state index in [1.165, 1.54) is 6.92 Å². The van der Waals surface area contributed by atoms with Gasteiger partial charge in [-0.15, -0.1) is 0 Å². The number of rotatable bonds is 2. The summed E-state index contributed by atoms with van der Waals surface area (Å²) in [5.41, 5.74) is 1.82. The van der Waals surface area contributed by atoms with Crippen LogP contribution >= 0.6 is 0 Å². The van der Waals surface area contributed by atoms with Gasteiger partial charge in [-0.3, -0.25) is 4.79 Å². The molecule has 0 aliphatic carbocycles. The molecule has 72 valence electrons. The maximum absolute atomic E-state index is 10.7. The molecule has 14 heavy (non-hydrogen) atoms. The van der Waals surface area contributed by atoms with Crippen LogP contribution in [0.4, 0.5) is 0 Å². The van der Waals surface area contributed by atoms with Crippen molar-refractivity contribution in [3.05, 3.63) is 30.1 Å². The molecule has 0 saturated heterocycles. The molecule has 4 heteroatoms. The van der Waals surface area contributed by atoms with Gasteiger partial charge in [-0.2, -0.15) is 0 Å². The highest BCUT2D eigenvalue weighted by Gasteiger charge is 2.00. The molecule has 0 fully saturated rings. The van der Waals surface area contributed by atoms with E-state index in [9.17, 15) is 4.79 Å².